The van der Waals surface area contributed by atoms with Gasteiger partial charge < -0.3 is 14.2 Å². The van der Waals surface area contributed by atoms with Crippen LogP contribution < -0.4 is 0 Å². The highest BCUT2D eigenvalue weighted by atomic mass is 16.6. The van der Waals surface area contributed by atoms with E-state index in [9.17, 15) is 14.4 Å². The number of carbonyl (C=O) groups is 3. The van der Waals surface area contributed by atoms with E-state index < -0.39 is 6.10 Å². The van der Waals surface area contributed by atoms with Gasteiger partial charge in [0.15, 0.2) is 6.10 Å². The molecule has 0 aliphatic carbocycles. The third-order valence-corrected chi connectivity index (χ3v) is 10.9. The normalized spacial score (nSPS) is 12.7. The quantitative estimate of drug-likeness (QED) is 0.0262. The largest absolute Gasteiger partial charge is 0.462 e. The minimum atomic E-state index is -0.786. The fourth-order valence-corrected chi connectivity index (χ4v) is 7.04. The minimum absolute atomic E-state index is 0.0881. The minimum Gasteiger partial charge on any atom is -0.462 e. The van der Waals surface area contributed by atoms with Gasteiger partial charge in [-0.3, -0.25) is 14.4 Å². The second kappa shape index (κ2) is 51.2. The van der Waals surface area contributed by atoms with Crippen molar-refractivity contribution in [3.05, 3.63) is 85.1 Å². The molecule has 0 aromatic rings. The first-order valence-corrected chi connectivity index (χ1v) is 26.1. The van der Waals surface area contributed by atoms with Gasteiger partial charge in [-0.15, -0.1) is 0 Å². The van der Waals surface area contributed by atoms with Crippen molar-refractivity contribution in [1.29, 1.82) is 0 Å². The number of allylic oxidation sites excluding steroid dienone is 14. The molecule has 0 saturated carbocycles. The number of unbranched alkanes of at least 4 members (excludes halogenated alkanes) is 21. The second-order valence-electron chi connectivity index (χ2n) is 17.0. The molecule has 6 nitrogen and oxygen atoms in total. The van der Waals surface area contributed by atoms with Crippen LogP contribution in [0, 0.1) is 0 Å². The van der Waals surface area contributed by atoms with E-state index in [4.69, 9.17) is 14.2 Å². The van der Waals surface area contributed by atoms with Crippen molar-refractivity contribution in [2.75, 3.05) is 13.2 Å². The van der Waals surface area contributed by atoms with Crippen LogP contribution in [0.4, 0.5) is 0 Å². The van der Waals surface area contributed by atoms with Gasteiger partial charge in [-0.25, -0.2) is 0 Å². The number of hydrogen-bond donors (Lipinski definition) is 0. The van der Waals surface area contributed by atoms with Gasteiger partial charge in [0.25, 0.3) is 0 Å². The third-order valence-electron chi connectivity index (χ3n) is 10.9. The molecule has 0 saturated heterocycles. The topological polar surface area (TPSA) is 78.9 Å². The molecule has 360 valence electrons. The van der Waals surface area contributed by atoms with E-state index in [0.29, 0.717) is 19.3 Å². The molecule has 0 rings (SSSR count). The van der Waals surface area contributed by atoms with Crippen molar-refractivity contribution >= 4 is 17.9 Å². The van der Waals surface area contributed by atoms with Gasteiger partial charge in [-0.1, -0.05) is 215 Å². The van der Waals surface area contributed by atoms with Crippen LogP contribution in [0.15, 0.2) is 85.1 Å². The molecule has 0 heterocycles. The molecule has 0 fully saturated rings. The van der Waals surface area contributed by atoms with Crippen molar-refractivity contribution in [3.8, 4) is 0 Å². The van der Waals surface area contributed by atoms with Crippen molar-refractivity contribution < 1.29 is 28.6 Å². The van der Waals surface area contributed by atoms with Gasteiger partial charge in [-0.05, 0) is 89.9 Å². The molecule has 0 aliphatic rings. The summed E-state index contributed by atoms with van der Waals surface area (Å²) in [5.41, 5.74) is 0. The Labute approximate surface area is 388 Å². The zero-order valence-corrected chi connectivity index (χ0v) is 41.1. The lowest BCUT2D eigenvalue weighted by Gasteiger charge is -2.18. The molecule has 0 aromatic heterocycles. The van der Waals surface area contributed by atoms with E-state index in [2.05, 4.69) is 106 Å². The monoisotopic (exact) mass is 877 g/mol. The Morgan fingerprint density at radius 3 is 0.984 bits per heavy atom. The molecule has 0 radical (unpaired) electrons. The zero-order valence-electron chi connectivity index (χ0n) is 41.1. The first-order valence-electron chi connectivity index (χ1n) is 26.1. The van der Waals surface area contributed by atoms with E-state index in [1.165, 1.54) is 83.5 Å². The molecule has 0 amide bonds. The summed E-state index contributed by atoms with van der Waals surface area (Å²) in [5.74, 6) is -0.934. The summed E-state index contributed by atoms with van der Waals surface area (Å²) in [5, 5.41) is 0. The predicted molar refractivity (Wildman–Crippen MR) is 270 cm³/mol. The Bertz CT molecular complexity index is 1240. The Morgan fingerprint density at radius 2 is 0.619 bits per heavy atom. The van der Waals surface area contributed by atoms with Crippen molar-refractivity contribution in [3.63, 3.8) is 0 Å². The summed E-state index contributed by atoms with van der Waals surface area (Å²) in [4.78, 5) is 37.6. The van der Waals surface area contributed by atoms with E-state index >= 15 is 0 Å². The van der Waals surface area contributed by atoms with Gasteiger partial charge in [0.1, 0.15) is 13.2 Å². The molecule has 1 atom stereocenters. The van der Waals surface area contributed by atoms with Crippen LogP contribution in [-0.2, 0) is 28.6 Å². The summed E-state index contributed by atoms with van der Waals surface area (Å²) >= 11 is 0. The molecule has 0 N–H and O–H groups in total. The molecule has 0 spiro atoms. The van der Waals surface area contributed by atoms with Gasteiger partial charge in [0.2, 0.25) is 0 Å². The van der Waals surface area contributed by atoms with E-state index in [0.717, 1.165) is 116 Å². The smallest absolute Gasteiger partial charge is 0.306 e. The Kier molecular flexibility index (Phi) is 48.5. The number of carbonyl (C=O) groups excluding carboxylic acids is 3. The summed E-state index contributed by atoms with van der Waals surface area (Å²) < 4.78 is 16.6. The van der Waals surface area contributed by atoms with Crippen LogP contribution in [-0.4, -0.2) is 37.2 Å². The number of ether oxygens (including phenoxy) is 3. The highest BCUT2D eigenvalue weighted by Crippen LogP contribution is 2.15. The van der Waals surface area contributed by atoms with E-state index in [1.54, 1.807) is 0 Å². The fourth-order valence-electron chi connectivity index (χ4n) is 7.04. The van der Waals surface area contributed by atoms with Gasteiger partial charge in [0.05, 0.1) is 0 Å². The molecule has 6 heteroatoms. The average Bonchev–Trinajstić information content (AvgIpc) is 3.28. The van der Waals surface area contributed by atoms with Gasteiger partial charge in [0, 0.05) is 19.3 Å². The zero-order chi connectivity index (χ0) is 45.8. The summed E-state index contributed by atoms with van der Waals surface area (Å²) in [6.07, 6.45) is 66.2. The van der Waals surface area contributed by atoms with Crippen molar-refractivity contribution in [2.45, 2.75) is 245 Å². The Hall–Kier alpha value is -3.41. The molecular formula is C57H96O6. The van der Waals surface area contributed by atoms with Crippen molar-refractivity contribution in [2.24, 2.45) is 0 Å². The Morgan fingerprint density at radius 1 is 0.333 bits per heavy atom. The lowest BCUT2D eigenvalue weighted by molar-refractivity contribution is -0.167. The van der Waals surface area contributed by atoms with Crippen LogP contribution in [0.2, 0.25) is 0 Å². The third kappa shape index (κ3) is 49.5. The maximum atomic E-state index is 12.7. The fraction of sp³-hybridized carbons (Fsp3) is 0.702. The van der Waals surface area contributed by atoms with E-state index in [-0.39, 0.29) is 31.1 Å². The number of hydrogen-bond acceptors (Lipinski definition) is 6. The van der Waals surface area contributed by atoms with Gasteiger partial charge in [-0.2, -0.15) is 0 Å². The molecule has 0 bridgehead atoms. The van der Waals surface area contributed by atoms with Crippen LogP contribution in [0.3, 0.4) is 0 Å². The van der Waals surface area contributed by atoms with Crippen LogP contribution in [0.5, 0.6) is 0 Å². The first-order chi connectivity index (χ1) is 31.0. The molecule has 1 unspecified atom stereocenters. The molecule has 0 aliphatic heterocycles. The lowest BCUT2D eigenvalue weighted by Crippen LogP contribution is -2.30. The highest BCUT2D eigenvalue weighted by Gasteiger charge is 2.19. The predicted octanol–water partition coefficient (Wildman–Crippen LogP) is 17.2. The van der Waals surface area contributed by atoms with Crippen LogP contribution in [0.25, 0.3) is 0 Å². The number of rotatable bonds is 46. The first kappa shape index (κ1) is 59.6. The second-order valence-corrected chi connectivity index (χ2v) is 17.0. The van der Waals surface area contributed by atoms with Crippen molar-refractivity contribution in [1.82, 2.24) is 0 Å². The molecule has 63 heavy (non-hydrogen) atoms. The molecular weight excluding hydrogens is 781 g/mol. The van der Waals surface area contributed by atoms with Crippen LogP contribution >= 0.6 is 0 Å². The average molecular weight is 877 g/mol. The maximum Gasteiger partial charge on any atom is 0.306 e. The molecule has 0 aromatic carbocycles. The highest BCUT2D eigenvalue weighted by molar-refractivity contribution is 5.71. The lowest BCUT2D eigenvalue weighted by atomic mass is 10.0. The van der Waals surface area contributed by atoms with E-state index in [1.807, 2.05) is 0 Å². The summed E-state index contributed by atoms with van der Waals surface area (Å²) in [6.45, 7) is 6.30. The van der Waals surface area contributed by atoms with Crippen LogP contribution in [0.1, 0.15) is 239 Å². The summed E-state index contributed by atoms with van der Waals surface area (Å²) in [7, 11) is 0. The summed E-state index contributed by atoms with van der Waals surface area (Å²) in [6, 6.07) is 0. The Balaban J connectivity index is 4.06. The standard InChI is InChI=1S/C57H96O6/c1-4-7-10-13-15-17-19-21-22-23-24-25-26-27-28-29-30-31-32-33-34-36-37-39-41-44-47-50-56(59)62-53-54(52-61-55(58)49-46-43-12-9-6-3)63-57(60)51-48-45-42-40-38-35-20-18-16-14-11-8-5-2/h7-8,10-11,15-18,21-22,24-25,35,38,54H,4-6,9,12-14,19-20,23,26-34,36-37,39-53H2,1-3H3/b10-7-,11-8-,17-15-,18-16-,22-21-,25-24-,38-35-. The SMILES string of the molecule is CC/C=C\C/C=C\C/C=C\C/C=C\CCCCCCCCCCCCCCCCC(=O)OCC(COC(=O)CCCCCCC)OC(=O)CCCCC/C=C\C/C=C\C/C=C\CC. The van der Waals surface area contributed by atoms with Gasteiger partial charge >= 0.3 is 17.9 Å². The maximum absolute atomic E-state index is 12.7. The number of esters is 3.